The van der Waals surface area contributed by atoms with Gasteiger partial charge in [-0.25, -0.2) is 0 Å². The maximum atomic E-state index is 11.7. The van der Waals surface area contributed by atoms with Gasteiger partial charge in [0.1, 0.15) is 6.61 Å². The number of halogens is 3. The summed E-state index contributed by atoms with van der Waals surface area (Å²) in [7, 11) is 0. The predicted octanol–water partition coefficient (Wildman–Crippen LogP) is 1.07. The van der Waals surface area contributed by atoms with E-state index >= 15 is 0 Å². The summed E-state index contributed by atoms with van der Waals surface area (Å²) in [4.78, 5) is 11.1. The maximum absolute atomic E-state index is 11.7. The number of nitrogens with one attached hydrogen (secondary N) is 2. The highest BCUT2D eigenvalue weighted by molar-refractivity contribution is 5.78. The quantitative estimate of drug-likeness (QED) is 0.639. The van der Waals surface area contributed by atoms with Gasteiger partial charge in [0.2, 0.25) is 5.91 Å². The van der Waals surface area contributed by atoms with Gasteiger partial charge in [-0.1, -0.05) is 0 Å². The Kier molecular flexibility index (Phi) is 7.90. The van der Waals surface area contributed by atoms with E-state index in [0.29, 0.717) is 13.0 Å². The van der Waals surface area contributed by atoms with Crippen LogP contribution in [0.5, 0.6) is 0 Å². The first-order valence-corrected chi connectivity index (χ1v) is 5.46. The largest absolute Gasteiger partial charge is 0.411 e. The molecule has 0 unspecified atom stereocenters. The van der Waals surface area contributed by atoms with E-state index in [4.69, 9.17) is 0 Å². The second-order valence-corrected chi connectivity index (χ2v) is 3.92. The van der Waals surface area contributed by atoms with Gasteiger partial charge in [-0.2, -0.15) is 13.2 Å². The summed E-state index contributed by atoms with van der Waals surface area (Å²) in [5.41, 5.74) is 0. The summed E-state index contributed by atoms with van der Waals surface area (Å²) in [6.45, 7) is 3.12. The zero-order chi connectivity index (χ0) is 13.3. The first-order valence-electron chi connectivity index (χ1n) is 5.46. The first kappa shape index (κ1) is 16.2. The van der Waals surface area contributed by atoms with Gasteiger partial charge >= 0.3 is 6.18 Å². The van der Waals surface area contributed by atoms with E-state index in [9.17, 15) is 18.0 Å². The maximum Gasteiger partial charge on any atom is 0.411 e. The third-order valence-electron chi connectivity index (χ3n) is 1.64. The molecule has 17 heavy (non-hydrogen) atoms. The van der Waals surface area contributed by atoms with E-state index in [1.807, 2.05) is 13.8 Å². The van der Waals surface area contributed by atoms with E-state index in [2.05, 4.69) is 15.4 Å². The number of ether oxygens (including phenoxy) is 1. The Morgan fingerprint density at radius 3 is 2.53 bits per heavy atom. The number of alkyl halides is 3. The van der Waals surface area contributed by atoms with Gasteiger partial charge < -0.3 is 15.4 Å². The molecule has 102 valence electrons. The van der Waals surface area contributed by atoms with Gasteiger partial charge in [0.25, 0.3) is 0 Å². The summed E-state index contributed by atoms with van der Waals surface area (Å²) >= 11 is 0. The van der Waals surface area contributed by atoms with E-state index in [0.717, 1.165) is 0 Å². The molecule has 1 amide bonds. The predicted molar refractivity (Wildman–Crippen MR) is 57.6 cm³/mol. The molecule has 0 saturated heterocycles. The Morgan fingerprint density at radius 1 is 1.35 bits per heavy atom. The molecule has 0 saturated carbocycles. The number of carbonyl (C=O) groups excluding carboxylic acids is 1. The average molecular weight is 256 g/mol. The lowest BCUT2D eigenvalue weighted by molar-refractivity contribution is -0.173. The molecular formula is C10H19F3N2O2. The average Bonchev–Trinajstić information content (AvgIpc) is 2.13. The van der Waals surface area contributed by atoms with E-state index in [-0.39, 0.29) is 25.1 Å². The molecule has 0 heterocycles. The third kappa shape index (κ3) is 13.1. The topological polar surface area (TPSA) is 50.4 Å². The van der Waals surface area contributed by atoms with Crippen LogP contribution in [0.1, 0.15) is 20.3 Å². The van der Waals surface area contributed by atoms with Gasteiger partial charge in [-0.3, -0.25) is 4.79 Å². The molecule has 0 aromatic rings. The second kappa shape index (κ2) is 8.30. The van der Waals surface area contributed by atoms with Crippen LogP contribution in [0, 0.1) is 0 Å². The second-order valence-electron chi connectivity index (χ2n) is 3.92. The Morgan fingerprint density at radius 2 is 2.00 bits per heavy atom. The van der Waals surface area contributed by atoms with Crippen molar-refractivity contribution in [1.29, 1.82) is 0 Å². The van der Waals surface area contributed by atoms with Gasteiger partial charge in [-0.05, 0) is 26.8 Å². The third-order valence-corrected chi connectivity index (χ3v) is 1.64. The van der Waals surface area contributed by atoms with Crippen LogP contribution in [0.4, 0.5) is 13.2 Å². The molecule has 0 bridgehead atoms. The Hall–Kier alpha value is -0.820. The SMILES string of the molecule is CC(C)NC(=O)CNCCCOCC(F)(F)F. The normalized spacial score (nSPS) is 11.9. The molecule has 0 aliphatic heterocycles. The molecular weight excluding hydrogens is 237 g/mol. The van der Waals surface area contributed by atoms with Crippen LogP contribution >= 0.6 is 0 Å². The van der Waals surface area contributed by atoms with Crippen molar-refractivity contribution in [2.45, 2.75) is 32.5 Å². The molecule has 0 rings (SSSR count). The van der Waals surface area contributed by atoms with Crippen molar-refractivity contribution >= 4 is 5.91 Å². The minimum absolute atomic E-state index is 0.0261. The highest BCUT2D eigenvalue weighted by atomic mass is 19.4. The summed E-state index contributed by atoms with van der Waals surface area (Å²) in [6.07, 6.45) is -3.84. The van der Waals surface area contributed by atoms with Crippen molar-refractivity contribution in [3.05, 3.63) is 0 Å². The number of rotatable bonds is 8. The van der Waals surface area contributed by atoms with E-state index in [1.54, 1.807) is 0 Å². The minimum Gasteiger partial charge on any atom is -0.372 e. The summed E-state index contributed by atoms with van der Waals surface area (Å²) in [5, 5.41) is 5.50. The van der Waals surface area contributed by atoms with Crippen molar-refractivity contribution < 1.29 is 22.7 Å². The summed E-state index contributed by atoms with van der Waals surface area (Å²) < 4.78 is 39.4. The molecule has 0 fully saturated rings. The van der Waals surface area contributed by atoms with E-state index < -0.39 is 12.8 Å². The molecule has 0 aliphatic carbocycles. The fourth-order valence-electron chi connectivity index (χ4n) is 1.06. The monoisotopic (exact) mass is 256 g/mol. The smallest absolute Gasteiger partial charge is 0.372 e. The van der Waals surface area contributed by atoms with Gasteiger partial charge in [0.05, 0.1) is 6.54 Å². The van der Waals surface area contributed by atoms with Crippen LogP contribution in [0.25, 0.3) is 0 Å². The Bertz CT molecular complexity index is 220. The van der Waals surface area contributed by atoms with Gasteiger partial charge in [0.15, 0.2) is 0 Å². The zero-order valence-corrected chi connectivity index (χ0v) is 10.1. The Balaban J connectivity index is 3.27. The molecule has 0 spiro atoms. The fraction of sp³-hybridized carbons (Fsp3) is 0.900. The van der Waals surface area contributed by atoms with Crippen LogP contribution in [0.2, 0.25) is 0 Å². The standard InChI is InChI=1S/C10H19F3N2O2/c1-8(2)15-9(16)6-14-4-3-5-17-7-10(11,12)13/h8,14H,3-7H2,1-2H3,(H,15,16). The summed E-state index contributed by atoms with van der Waals surface area (Å²) in [6, 6.07) is 0.0828. The molecule has 7 heteroatoms. The number of hydrogen-bond donors (Lipinski definition) is 2. The lowest BCUT2D eigenvalue weighted by Crippen LogP contribution is -2.38. The van der Waals surface area contributed by atoms with Crippen molar-refractivity contribution in [2.24, 2.45) is 0 Å². The molecule has 0 aliphatic rings. The summed E-state index contributed by atoms with van der Waals surface area (Å²) in [5.74, 6) is -0.129. The lowest BCUT2D eigenvalue weighted by atomic mass is 10.4. The lowest BCUT2D eigenvalue weighted by Gasteiger charge is -2.09. The van der Waals surface area contributed by atoms with Crippen LogP contribution in [-0.2, 0) is 9.53 Å². The van der Waals surface area contributed by atoms with Gasteiger partial charge in [0, 0.05) is 12.6 Å². The molecule has 0 aromatic carbocycles. The highest BCUT2D eigenvalue weighted by Gasteiger charge is 2.27. The van der Waals surface area contributed by atoms with Crippen molar-refractivity contribution in [2.75, 3.05) is 26.3 Å². The number of amides is 1. The fourth-order valence-corrected chi connectivity index (χ4v) is 1.06. The van der Waals surface area contributed by atoms with Crippen molar-refractivity contribution in [3.8, 4) is 0 Å². The van der Waals surface area contributed by atoms with Crippen LogP contribution in [-0.4, -0.2) is 44.4 Å². The molecule has 0 radical (unpaired) electrons. The molecule has 0 atom stereocenters. The highest BCUT2D eigenvalue weighted by Crippen LogP contribution is 2.14. The molecule has 4 nitrogen and oxygen atoms in total. The van der Waals surface area contributed by atoms with Crippen molar-refractivity contribution in [3.63, 3.8) is 0 Å². The molecule has 2 N–H and O–H groups in total. The van der Waals surface area contributed by atoms with Crippen LogP contribution in [0.15, 0.2) is 0 Å². The number of carbonyl (C=O) groups is 1. The van der Waals surface area contributed by atoms with Crippen LogP contribution in [0.3, 0.4) is 0 Å². The first-order chi connectivity index (χ1) is 7.81. The van der Waals surface area contributed by atoms with Gasteiger partial charge in [-0.15, -0.1) is 0 Å². The van der Waals surface area contributed by atoms with Crippen LogP contribution < -0.4 is 10.6 Å². The number of hydrogen-bond acceptors (Lipinski definition) is 3. The van der Waals surface area contributed by atoms with Crippen molar-refractivity contribution in [1.82, 2.24) is 10.6 Å². The molecule has 0 aromatic heterocycles. The minimum atomic E-state index is -4.27. The van der Waals surface area contributed by atoms with E-state index in [1.165, 1.54) is 0 Å². The zero-order valence-electron chi connectivity index (χ0n) is 10.1. The Labute approximate surface area is 98.9 Å².